The van der Waals surface area contributed by atoms with Crippen molar-refractivity contribution >= 4 is 21.8 Å². The molecule has 1 fully saturated rings. The zero-order valence-electron chi connectivity index (χ0n) is 14.9. The molecule has 0 aromatic heterocycles. The van der Waals surface area contributed by atoms with Gasteiger partial charge in [0, 0.05) is 31.7 Å². The smallest absolute Gasteiger partial charge is 0.251 e. The van der Waals surface area contributed by atoms with Gasteiger partial charge in [0.05, 0.1) is 12.8 Å². The Morgan fingerprint density at radius 3 is 2.28 bits per heavy atom. The van der Waals surface area contributed by atoms with Gasteiger partial charge in [-0.2, -0.15) is 0 Å². The first kappa shape index (κ1) is 19.4. The summed E-state index contributed by atoms with van der Waals surface area (Å²) in [7, 11) is -1.65. The number of nitrogens with zero attached hydrogens (tertiary/aromatic N) is 2. The highest BCUT2D eigenvalue weighted by atomic mass is 32.2. The maximum Gasteiger partial charge on any atom is 0.251 e. The van der Waals surface area contributed by atoms with Gasteiger partial charge in [0.15, 0.2) is 0 Å². The van der Waals surface area contributed by atoms with Gasteiger partial charge < -0.3 is 10.2 Å². The van der Waals surface area contributed by atoms with Crippen molar-refractivity contribution in [1.82, 2.24) is 14.5 Å². The SMILES string of the molecule is Cc1ccc(C(=O)NCC(=O)N2CCC(N(C)S(C)(=O)=O)CC2)cc1. The third kappa shape index (κ3) is 5.27. The third-order valence-electron chi connectivity index (χ3n) is 4.57. The number of nitrogens with one attached hydrogen (secondary N) is 1. The van der Waals surface area contributed by atoms with Crippen LogP contribution in [0.25, 0.3) is 0 Å². The van der Waals surface area contributed by atoms with Crippen molar-refractivity contribution < 1.29 is 18.0 Å². The number of carbonyl (C=O) groups excluding carboxylic acids is 2. The van der Waals surface area contributed by atoms with Gasteiger partial charge in [-0.25, -0.2) is 12.7 Å². The van der Waals surface area contributed by atoms with Gasteiger partial charge in [-0.15, -0.1) is 0 Å². The lowest BCUT2D eigenvalue weighted by Crippen LogP contribution is -2.49. The van der Waals surface area contributed by atoms with E-state index in [1.54, 1.807) is 24.1 Å². The third-order valence-corrected chi connectivity index (χ3v) is 5.91. The zero-order chi connectivity index (χ0) is 18.6. The molecule has 0 saturated carbocycles. The summed E-state index contributed by atoms with van der Waals surface area (Å²) in [6.07, 6.45) is 2.38. The van der Waals surface area contributed by atoms with Crippen molar-refractivity contribution in [2.24, 2.45) is 0 Å². The van der Waals surface area contributed by atoms with Gasteiger partial charge in [-0.05, 0) is 31.9 Å². The second kappa shape index (κ2) is 7.97. The van der Waals surface area contributed by atoms with E-state index in [9.17, 15) is 18.0 Å². The van der Waals surface area contributed by atoms with Crippen LogP contribution in [0, 0.1) is 6.92 Å². The number of rotatable bonds is 5. The minimum absolute atomic E-state index is 0.0563. The summed E-state index contributed by atoms with van der Waals surface area (Å²) >= 11 is 0. The molecule has 2 amide bonds. The molecule has 1 aliphatic heterocycles. The van der Waals surface area contributed by atoms with Crippen LogP contribution in [0.4, 0.5) is 0 Å². The largest absolute Gasteiger partial charge is 0.343 e. The highest BCUT2D eigenvalue weighted by Gasteiger charge is 2.28. The Morgan fingerprint density at radius 2 is 1.76 bits per heavy atom. The van der Waals surface area contributed by atoms with Crippen LogP contribution < -0.4 is 5.32 Å². The molecule has 2 rings (SSSR count). The zero-order valence-corrected chi connectivity index (χ0v) is 15.7. The lowest BCUT2D eigenvalue weighted by Gasteiger charge is -2.35. The van der Waals surface area contributed by atoms with E-state index in [-0.39, 0.29) is 24.4 Å². The fourth-order valence-electron chi connectivity index (χ4n) is 2.82. The first-order valence-corrected chi connectivity index (χ1v) is 10.1. The number of carbonyl (C=O) groups is 2. The first-order chi connectivity index (χ1) is 11.7. The molecule has 1 saturated heterocycles. The highest BCUT2D eigenvalue weighted by Crippen LogP contribution is 2.17. The van der Waals surface area contributed by atoms with Crippen molar-refractivity contribution in [2.45, 2.75) is 25.8 Å². The predicted molar refractivity (Wildman–Crippen MR) is 95.7 cm³/mol. The van der Waals surface area contributed by atoms with E-state index in [1.807, 2.05) is 19.1 Å². The number of sulfonamides is 1. The Morgan fingerprint density at radius 1 is 1.20 bits per heavy atom. The molecule has 8 heteroatoms. The van der Waals surface area contributed by atoms with Crippen molar-refractivity contribution in [3.8, 4) is 0 Å². The standard InChI is InChI=1S/C17H25N3O4S/c1-13-4-6-14(7-5-13)17(22)18-12-16(21)20-10-8-15(9-11-20)19(2)25(3,23)24/h4-7,15H,8-12H2,1-3H3,(H,18,22). The molecule has 0 atom stereocenters. The van der Waals surface area contributed by atoms with Gasteiger partial charge in [0.2, 0.25) is 15.9 Å². The van der Waals surface area contributed by atoms with Gasteiger partial charge in [-0.1, -0.05) is 17.7 Å². The van der Waals surface area contributed by atoms with Crippen LogP contribution in [0.1, 0.15) is 28.8 Å². The second-order valence-electron chi connectivity index (χ2n) is 6.44. The molecule has 138 valence electrons. The van der Waals surface area contributed by atoms with Gasteiger partial charge in [-0.3, -0.25) is 9.59 Å². The molecule has 1 aliphatic rings. The van der Waals surface area contributed by atoms with Crippen LogP contribution >= 0.6 is 0 Å². The lowest BCUT2D eigenvalue weighted by atomic mass is 10.1. The number of hydrogen-bond donors (Lipinski definition) is 1. The van der Waals surface area contributed by atoms with E-state index in [0.717, 1.165) is 5.56 Å². The summed E-state index contributed by atoms with van der Waals surface area (Å²) in [6, 6.07) is 7.06. The molecule has 0 bridgehead atoms. The Hall–Kier alpha value is -1.93. The van der Waals surface area contributed by atoms with E-state index >= 15 is 0 Å². The first-order valence-electron chi connectivity index (χ1n) is 8.24. The number of benzene rings is 1. The Labute approximate surface area is 149 Å². The molecule has 1 aromatic rings. The van der Waals surface area contributed by atoms with Crippen molar-refractivity contribution in [3.05, 3.63) is 35.4 Å². The van der Waals surface area contributed by atoms with Crippen molar-refractivity contribution in [1.29, 1.82) is 0 Å². The summed E-state index contributed by atoms with van der Waals surface area (Å²) in [4.78, 5) is 25.9. The molecule has 7 nitrogen and oxygen atoms in total. The summed E-state index contributed by atoms with van der Waals surface area (Å²) in [5, 5.41) is 2.64. The van der Waals surface area contributed by atoms with Gasteiger partial charge in [0.1, 0.15) is 0 Å². The molecule has 25 heavy (non-hydrogen) atoms. The average molecular weight is 367 g/mol. The Kier molecular flexibility index (Phi) is 6.18. The molecule has 1 heterocycles. The molecular weight excluding hydrogens is 342 g/mol. The van der Waals surface area contributed by atoms with Gasteiger partial charge >= 0.3 is 0 Å². The van der Waals surface area contributed by atoms with Crippen molar-refractivity contribution in [3.63, 3.8) is 0 Å². The maximum atomic E-state index is 12.2. The van der Waals surface area contributed by atoms with E-state index in [4.69, 9.17) is 0 Å². The van der Waals surface area contributed by atoms with Crippen LogP contribution in [0.3, 0.4) is 0 Å². The molecule has 1 N–H and O–H groups in total. The summed E-state index contributed by atoms with van der Waals surface area (Å²) < 4.78 is 24.5. The van der Waals surface area contributed by atoms with E-state index in [0.29, 0.717) is 31.5 Å². The number of likely N-dealkylation sites (tertiary alicyclic amines) is 1. The quantitative estimate of drug-likeness (QED) is 0.826. The van der Waals surface area contributed by atoms with E-state index in [1.165, 1.54) is 10.6 Å². The summed E-state index contributed by atoms with van der Waals surface area (Å²) in [5.74, 6) is -0.430. The maximum absolute atomic E-state index is 12.2. The van der Waals surface area contributed by atoms with E-state index in [2.05, 4.69) is 5.32 Å². The van der Waals surface area contributed by atoms with Crippen LogP contribution in [-0.4, -0.2) is 68.4 Å². The Balaban J connectivity index is 1.81. The predicted octanol–water partition coefficient (Wildman–Crippen LogP) is 0.607. The normalized spacial score (nSPS) is 16.1. The molecular formula is C17H25N3O4S. The number of hydrogen-bond acceptors (Lipinski definition) is 4. The molecule has 0 aliphatic carbocycles. The highest BCUT2D eigenvalue weighted by molar-refractivity contribution is 7.88. The number of amides is 2. The molecule has 1 aromatic carbocycles. The van der Waals surface area contributed by atoms with E-state index < -0.39 is 10.0 Å². The summed E-state index contributed by atoms with van der Waals surface area (Å²) in [5.41, 5.74) is 1.58. The molecule has 0 unspecified atom stereocenters. The fraction of sp³-hybridized carbons (Fsp3) is 0.529. The van der Waals surface area contributed by atoms with Gasteiger partial charge in [0.25, 0.3) is 5.91 Å². The molecule has 0 radical (unpaired) electrons. The van der Waals surface area contributed by atoms with Crippen LogP contribution in [0.2, 0.25) is 0 Å². The number of piperidine rings is 1. The Bertz CT molecular complexity index is 723. The molecule has 0 spiro atoms. The second-order valence-corrected chi connectivity index (χ2v) is 8.48. The lowest BCUT2D eigenvalue weighted by molar-refractivity contribution is -0.131. The minimum atomic E-state index is -3.22. The number of aryl methyl sites for hydroxylation is 1. The van der Waals surface area contributed by atoms with Crippen LogP contribution in [0.15, 0.2) is 24.3 Å². The monoisotopic (exact) mass is 367 g/mol. The fourth-order valence-corrected chi connectivity index (χ4v) is 3.58. The summed E-state index contributed by atoms with van der Waals surface area (Å²) in [6.45, 7) is 2.86. The average Bonchev–Trinajstić information content (AvgIpc) is 2.58. The van der Waals surface area contributed by atoms with Crippen LogP contribution in [0.5, 0.6) is 0 Å². The van der Waals surface area contributed by atoms with Crippen LogP contribution in [-0.2, 0) is 14.8 Å². The topological polar surface area (TPSA) is 86.8 Å². The van der Waals surface area contributed by atoms with Crippen molar-refractivity contribution in [2.75, 3.05) is 32.9 Å². The minimum Gasteiger partial charge on any atom is -0.343 e.